The van der Waals surface area contributed by atoms with Crippen molar-refractivity contribution in [3.63, 3.8) is 0 Å². The van der Waals surface area contributed by atoms with Crippen LogP contribution < -0.4 is 4.72 Å². The van der Waals surface area contributed by atoms with Gasteiger partial charge in [0.1, 0.15) is 0 Å². The predicted octanol–water partition coefficient (Wildman–Crippen LogP) is 4.06. The molecule has 0 saturated carbocycles. The average Bonchev–Trinajstić information content (AvgIpc) is 2.90. The number of aryl methyl sites for hydroxylation is 1. The molecule has 0 fully saturated rings. The van der Waals surface area contributed by atoms with Crippen molar-refractivity contribution in [3.8, 4) is 17.1 Å². The van der Waals surface area contributed by atoms with Gasteiger partial charge in [0.05, 0.1) is 23.0 Å². The Morgan fingerprint density at radius 2 is 2.04 bits per heavy atom. The lowest BCUT2D eigenvalue weighted by Crippen LogP contribution is -2.09. The zero-order valence-corrected chi connectivity index (χ0v) is 16.1. The second-order valence-electron chi connectivity index (χ2n) is 6.63. The number of aromatic nitrogens is 2. The maximum Gasteiger partial charge on any atom is 0.229 e. The van der Waals surface area contributed by atoms with Crippen LogP contribution in [0.3, 0.4) is 0 Å². The van der Waals surface area contributed by atoms with Crippen LogP contribution in [-0.4, -0.2) is 29.3 Å². The van der Waals surface area contributed by atoms with Crippen molar-refractivity contribution in [1.29, 1.82) is 0 Å². The van der Waals surface area contributed by atoms with E-state index < -0.39 is 10.0 Å². The summed E-state index contributed by atoms with van der Waals surface area (Å²) in [6, 6.07) is 9.22. The number of sulfonamides is 1. The quantitative estimate of drug-likeness (QED) is 0.706. The first-order valence-corrected chi connectivity index (χ1v) is 10.4. The van der Waals surface area contributed by atoms with Crippen LogP contribution in [-0.2, 0) is 10.0 Å². The summed E-state index contributed by atoms with van der Waals surface area (Å²) in [7, 11) is -3.34. The molecule has 0 aliphatic rings. The Kier molecular flexibility index (Phi) is 4.66. The molecule has 1 aromatic carbocycles. The highest BCUT2D eigenvalue weighted by Gasteiger charge is 2.16. The molecule has 138 valence electrons. The number of nitrogens with zero attached hydrogens (tertiary/aromatic N) is 2. The highest BCUT2D eigenvalue weighted by Crippen LogP contribution is 2.35. The standard InChI is InChI=1S/C19H23N3O3S/c1-5-12(2)22-11-15-10-17(20-13(3)18(15)19(22)23)14-7-6-8-16(9-14)21-26(4,24)25/h6-12,21,23H,5H2,1-4H3. The third-order valence-corrected chi connectivity index (χ3v) is 5.11. The monoisotopic (exact) mass is 373 g/mol. The van der Waals surface area contributed by atoms with Gasteiger partial charge in [-0.2, -0.15) is 0 Å². The minimum absolute atomic E-state index is 0.188. The Bertz CT molecular complexity index is 1070. The number of fused-ring (bicyclic) bond motifs is 1. The van der Waals surface area contributed by atoms with Crippen LogP contribution in [0.4, 0.5) is 5.69 Å². The van der Waals surface area contributed by atoms with E-state index in [0.717, 1.165) is 40.4 Å². The molecule has 6 nitrogen and oxygen atoms in total. The second-order valence-corrected chi connectivity index (χ2v) is 8.38. The highest BCUT2D eigenvalue weighted by molar-refractivity contribution is 7.92. The normalized spacial score (nSPS) is 13.1. The van der Waals surface area contributed by atoms with Crippen LogP contribution in [0.15, 0.2) is 36.5 Å². The van der Waals surface area contributed by atoms with Crippen molar-refractivity contribution >= 4 is 26.5 Å². The number of hydrogen-bond acceptors (Lipinski definition) is 4. The fraction of sp³-hybridized carbons (Fsp3) is 0.316. The van der Waals surface area contributed by atoms with E-state index in [9.17, 15) is 13.5 Å². The van der Waals surface area contributed by atoms with Gasteiger partial charge in [0, 0.05) is 28.9 Å². The first-order chi connectivity index (χ1) is 12.2. The van der Waals surface area contributed by atoms with Gasteiger partial charge < -0.3 is 9.67 Å². The maximum atomic E-state index is 11.5. The molecule has 7 heteroatoms. The summed E-state index contributed by atoms with van der Waals surface area (Å²) in [5, 5.41) is 12.2. The van der Waals surface area contributed by atoms with Crippen LogP contribution >= 0.6 is 0 Å². The summed E-state index contributed by atoms with van der Waals surface area (Å²) in [5.74, 6) is 0.235. The summed E-state index contributed by atoms with van der Waals surface area (Å²) < 4.78 is 27.3. The van der Waals surface area contributed by atoms with Crippen LogP contribution in [0.1, 0.15) is 32.0 Å². The first kappa shape index (κ1) is 18.3. The van der Waals surface area contributed by atoms with Crippen molar-refractivity contribution in [2.75, 3.05) is 11.0 Å². The zero-order chi connectivity index (χ0) is 19.1. The third-order valence-electron chi connectivity index (χ3n) is 4.50. The van der Waals surface area contributed by atoms with Gasteiger partial charge in [0.25, 0.3) is 0 Å². The number of rotatable bonds is 5. The van der Waals surface area contributed by atoms with Gasteiger partial charge in [-0.3, -0.25) is 9.71 Å². The molecular formula is C19H23N3O3S. The summed E-state index contributed by atoms with van der Waals surface area (Å²) in [6.07, 6.45) is 3.97. The van der Waals surface area contributed by atoms with Crippen molar-refractivity contribution < 1.29 is 13.5 Å². The molecule has 2 heterocycles. The second kappa shape index (κ2) is 6.64. The molecule has 0 spiro atoms. The van der Waals surface area contributed by atoms with Crippen LogP contribution in [0.25, 0.3) is 22.0 Å². The zero-order valence-electron chi connectivity index (χ0n) is 15.3. The topological polar surface area (TPSA) is 84.2 Å². The van der Waals surface area contributed by atoms with Gasteiger partial charge >= 0.3 is 0 Å². The predicted molar refractivity (Wildman–Crippen MR) is 105 cm³/mol. The van der Waals surface area contributed by atoms with E-state index in [2.05, 4.69) is 23.6 Å². The largest absolute Gasteiger partial charge is 0.494 e. The molecule has 2 aromatic heterocycles. The number of aromatic hydroxyl groups is 1. The molecule has 1 unspecified atom stereocenters. The molecule has 0 aliphatic heterocycles. The molecule has 1 atom stereocenters. The molecule has 0 bridgehead atoms. The smallest absolute Gasteiger partial charge is 0.229 e. The van der Waals surface area contributed by atoms with E-state index in [1.54, 1.807) is 18.2 Å². The number of nitrogens with one attached hydrogen (secondary N) is 1. The van der Waals surface area contributed by atoms with Gasteiger partial charge in [-0.05, 0) is 38.5 Å². The molecule has 2 N–H and O–H groups in total. The lowest BCUT2D eigenvalue weighted by molar-refractivity contribution is 0.391. The van der Waals surface area contributed by atoms with Crippen LogP contribution in [0.5, 0.6) is 5.88 Å². The van der Waals surface area contributed by atoms with Crippen molar-refractivity contribution in [2.24, 2.45) is 0 Å². The van der Waals surface area contributed by atoms with Crippen molar-refractivity contribution in [3.05, 3.63) is 42.2 Å². The molecule has 0 amide bonds. The Hall–Kier alpha value is -2.54. The Morgan fingerprint density at radius 1 is 1.31 bits per heavy atom. The van der Waals surface area contributed by atoms with Crippen molar-refractivity contribution in [2.45, 2.75) is 33.2 Å². The van der Waals surface area contributed by atoms with Crippen LogP contribution in [0, 0.1) is 6.92 Å². The number of benzene rings is 1. The maximum absolute atomic E-state index is 11.5. The average molecular weight is 373 g/mol. The first-order valence-electron chi connectivity index (χ1n) is 8.49. The van der Waals surface area contributed by atoms with Gasteiger partial charge in [-0.25, -0.2) is 8.42 Å². The molecule has 0 saturated heterocycles. The fourth-order valence-electron chi connectivity index (χ4n) is 3.07. The van der Waals surface area contributed by atoms with E-state index in [1.807, 2.05) is 29.8 Å². The minimum atomic E-state index is -3.34. The molecule has 0 aliphatic carbocycles. The summed E-state index contributed by atoms with van der Waals surface area (Å²) in [6.45, 7) is 6.00. The number of pyridine rings is 1. The molecule has 3 aromatic rings. The van der Waals surface area contributed by atoms with Gasteiger partial charge in [0.2, 0.25) is 15.9 Å². The van der Waals surface area contributed by atoms with Gasteiger partial charge in [-0.1, -0.05) is 19.1 Å². The Morgan fingerprint density at radius 3 is 2.69 bits per heavy atom. The lowest BCUT2D eigenvalue weighted by atomic mass is 10.1. The van der Waals surface area contributed by atoms with E-state index in [-0.39, 0.29) is 11.9 Å². The molecular weight excluding hydrogens is 350 g/mol. The molecule has 26 heavy (non-hydrogen) atoms. The van der Waals surface area contributed by atoms with Crippen LogP contribution in [0.2, 0.25) is 0 Å². The Labute approximate surface area is 153 Å². The van der Waals surface area contributed by atoms with Crippen molar-refractivity contribution in [1.82, 2.24) is 9.55 Å². The van der Waals surface area contributed by atoms with E-state index >= 15 is 0 Å². The number of hydrogen-bond donors (Lipinski definition) is 2. The third kappa shape index (κ3) is 3.53. The Balaban J connectivity index is 2.11. The molecule has 3 rings (SSSR count). The summed E-state index contributed by atoms with van der Waals surface area (Å²) in [4.78, 5) is 4.62. The SMILES string of the molecule is CCC(C)n1cc2cc(-c3cccc(NS(C)(=O)=O)c3)nc(C)c2c1O. The lowest BCUT2D eigenvalue weighted by Gasteiger charge is -2.11. The summed E-state index contributed by atoms with van der Waals surface area (Å²) in [5.41, 5.74) is 2.76. The number of anilines is 1. The van der Waals surface area contributed by atoms with Gasteiger partial charge in [-0.15, -0.1) is 0 Å². The fourth-order valence-corrected chi connectivity index (χ4v) is 3.62. The molecule has 0 radical (unpaired) electrons. The highest BCUT2D eigenvalue weighted by atomic mass is 32.2. The van der Waals surface area contributed by atoms with E-state index in [0.29, 0.717) is 5.69 Å². The van der Waals surface area contributed by atoms with E-state index in [4.69, 9.17) is 0 Å². The minimum Gasteiger partial charge on any atom is -0.494 e. The summed E-state index contributed by atoms with van der Waals surface area (Å²) >= 11 is 0. The van der Waals surface area contributed by atoms with Gasteiger partial charge in [0.15, 0.2) is 0 Å². The van der Waals surface area contributed by atoms with E-state index in [1.165, 1.54) is 0 Å².